The maximum atomic E-state index is 11.4. The summed E-state index contributed by atoms with van der Waals surface area (Å²) in [6.07, 6.45) is 1.69. The molecule has 5 nitrogen and oxygen atoms in total. The van der Waals surface area contributed by atoms with Gasteiger partial charge in [-0.15, -0.1) is 0 Å². The van der Waals surface area contributed by atoms with E-state index in [1.807, 2.05) is 6.92 Å². The molecule has 92 valence electrons. The van der Waals surface area contributed by atoms with E-state index in [1.165, 1.54) is 0 Å². The lowest BCUT2D eigenvalue weighted by Crippen LogP contribution is -2.19. The van der Waals surface area contributed by atoms with Crippen molar-refractivity contribution in [3.8, 4) is 11.6 Å². The van der Waals surface area contributed by atoms with E-state index in [2.05, 4.69) is 15.3 Å². The van der Waals surface area contributed by atoms with Crippen molar-refractivity contribution in [2.75, 3.05) is 7.05 Å². The van der Waals surface area contributed by atoms with E-state index >= 15 is 0 Å². The van der Waals surface area contributed by atoms with Crippen molar-refractivity contribution < 1.29 is 9.53 Å². The lowest BCUT2D eigenvalue weighted by atomic mass is 10.3. The molecule has 2 heterocycles. The van der Waals surface area contributed by atoms with Gasteiger partial charge in [0.15, 0.2) is 5.75 Å². The van der Waals surface area contributed by atoms with Crippen LogP contribution in [0.3, 0.4) is 0 Å². The molecular formula is C13H13N3O2. The molecule has 0 spiro atoms. The normalized spacial score (nSPS) is 9.89. The molecule has 5 heteroatoms. The second-order valence-electron chi connectivity index (χ2n) is 3.63. The first-order valence-corrected chi connectivity index (χ1v) is 5.49. The van der Waals surface area contributed by atoms with Crippen LogP contribution in [0, 0.1) is 6.92 Å². The molecule has 0 saturated carbocycles. The smallest absolute Gasteiger partial charge is 0.269 e. The van der Waals surface area contributed by atoms with Gasteiger partial charge < -0.3 is 10.1 Å². The van der Waals surface area contributed by atoms with Crippen molar-refractivity contribution in [2.24, 2.45) is 0 Å². The average Bonchev–Trinajstić information content (AvgIpc) is 2.41. The van der Waals surface area contributed by atoms with E-state index in [0.29, 0.717) is 17.3 Å². The first-order valence-electron chi connectivity index (χ1n) is 5.49. The molecule has 0 aromatic carbocycles. The van der Waals surface area contributed by atoms with Gasteiger partial charge in [-0.05, 0) is 25.1 Å². The molecule has 18 heavy (non-hydrogen) atoms. The first-order chi connectivity index (χ1) is 8.70. The summed E-state index contributed by atoms with van der Waals surface area (Å²) in [4.78, 5) is 19.7. The molecule has 0 unspecified atom stereocenters. The van der Waals surface area contributed by atoms with Crippen LogP contribution in [0.1, 0.15) is 16.2 Å². The van der Waals surface area contributed by atoms with Crippen molar-refractivity contribution in [3.05, 3.63) is 47.9 Å². The first kappa shape index (κ1) is 12.0. The highest BCUT2D eigenvalue weighted by Crippen LogP contribution is 2.21. The van der Waals surface area contributed by atoms with Crippen LogP contribution >= 0.6 is 0 Å². The third kappa shape index (κ3) is 2.63. The number of aromatic nitrogens is 2. The number of carbonyl (C=O) groups is 1. The lowest BCUT2D eigenvalue weighted by molar-refractivity contribution is 0.0957. The zero-order valence-electron chi connectivity index (χ0n) is 10.2. The molecule has 0 bridgehead atoms. The molecule has 1 N–H and O–H groups in total. The third-order valence-electron chi connectivity index (χ3n) is 2.36. The Labute approximate surface area is 105 Å². The van der Waals surface area contributed by atoms with Crippen LogP contribution in [0.4, 0.5) is 0 Å². The zero-order valence-corrected chi connectivity index (χ0v) is 10.2. The van der Waals surface area contributed by atoms with E-state index in [4.69, 9.17) is 4.74 Å². The molecule has 0 radical (unpaired) electrons. The van der Waals surface area contributed by atoms with Crippen LogP contribution in [0.15, 0.2) is 36.5 Å². The number of amides is 1. The quantitative estimate of drug-likeness (QED) is 0.894. The highest BCUT2D eigenvalue weighted by atomic mass is 16.5. The fraction of sp³-hybridized carbons (Fsp3) is 0.154. The summed E-state index contributed by atoms with van der Waals surface area (Å²) in [6, 6.07) is 8.63. The largest absolute Gasteiger partial charge is 0.437 e. The summed E-state index contributed by atoms with van der Waals surface area (Å²) in [7, 11) is 1.56. The number of ether oxygens (including phenoxy) is 1. The Morgan fingerprint density at radius 1 is 1.28 bits per heavy atom. The number of pyridine rings is 2. The summed E-state index contributed by atoms with van der Waals surface area (Å²) in [6.45, 7) is 1.85. The second kappa shape index (κ2) is 5.27. The van der Waals surface area contributed by atoms with Crippen molar-refractivity contribution in [1.82, 2.24) is 15.3 Å². The number of nitrogens with one attached hydrogen (secondary N) is 1. The number of hydrogen-bond donors (Lipinski definition) is 1. The zero-order chi connectivity index (χ0) is 13.0. The molecule has 2 aromatic heterocycles. The molecule has 0 aliphatic carbocycles. The molecule has 2 aromatic rings. The van der Waals surface area contributed by atoms with E-state index in [9.17, 15) is 4.79 Å². The molecule has 0 fully saturated rings. The van der Waals surface area contributed by atoms with Crippen molar-refractivity contribution in [3.63, 3.8) is 0 Å². The minimum atomic E-state index is -0.247. The molecule has 1 amide bonds. The van der Waals surface area contributed by atoms with Gasteiger partial charge >= 0.3 is 0 Å². The number of nitrogens with zero attached hydrogens (tertiary/aromatic N) is 2. The van der Waals surface area contributed by atoms with E-state index < -0.39 is 0 Å². The Morgan fingerprint density at radius 2 is 2.11 bits per heavy atom. The Balaban J connectivity index is 2.25. The molecule has 0 aliphatic heterocycles. The average molecular weight is 243 g/mol. The second-order valence-corrected chi connectivity index (χ2v) is 3.63. The van der Waals surface area contributed by atoms with Gasteiger partial charge in [0.25, 0.3) is 5.91 Å². The van der Waals surface area contributed by atoms with Gasteiger partial charge in [0.05, 0.1) is 5.69 Å². The Morgan fingerprint density at radius 3 is 2.83 bits per heavy atom. The number of carbonyl (C=O) groups excluding carboxylic acids is 1. The maximum absolute atomic E-state index is 11.4. The number of aryl methyl sites for hydroxylation is 1. The Hall–Kier alpha value is -2.43. The van der Waals surface area contributed by atoms with Gasteiger partial charge in [-0.3, -0.25) is 9.78 Å². The maximum Gasteiger partial charge on any atom is 0.269 e. The van der Waals surface area contributed by atoms with Gasteiger partial charge in [-0.1, -0.05) is 6.07 Å². The summed E-state index contributed by atoms with van der Waals surface area (Å²) in [5.41, 5.74) is 1.08. The minimum absolute atomic E-state index is 0.247. The molecular weight excluding hydrogens is 230 g/mol. The SMILES string of the molecule is CNC(=O)c1cccc(Oc2cccnc2C)n1. The highest BCUT2D eigenvalue weighted by Gasteiger charge is 2.07. The van der Waals surface area contributed by atoms with Crippen LogP contribution in [-0.4, -0.2) is 22.9 Å². The topological polar surface area (TPSA) is 64.1 Å². The van der Waals surface area contributed by atoms with Crippen LogP contribution < -0.4 is 10.1 Å². The predicted molar refractivity (Wildman–Crippen MR) is 66.7 cm³/mol. The summed E-state index contributed by atoms with van der Waals surface area (Å²) in [5.74, 6) is 0.745. The Bertz CT molecular complexity index is 570. The third-order valence-corrected chi connectivity index (χ3v) is 2.36. The molecule has 0 aliphatic rings. The summed E-state index contributed by atoms with van der Waals surface area (Å²) in [5, 5.41) is 2.51. The van der Waals surface area contributed by atoms with Crippen LogP contribution in [-0.2, 0) is 0 Å². The predicted octanol–water partition coefficient (Wildman–Crippen LogP) is 1.94. The molecule has 2 rings (SSSR count). The summed E-state index contributed by atoms with van der Waals surface area (Å²) >= 11 is 0. The van der Waals surface area contributed by atoms with E-state index in [-0.39, 0.29) is 5.91 Å². The van der Waals surface area contributed by atoms with Crippen LogP contribution in [0.25, 0.3) is 0 Å². The van der Waals surface area contributed by atoms with Gasteiger partial charge in [-0.2, -0.15) is 0 Å². The van der Waals surface area contributed by atoms with Crippen LogP contribution in [0.2, 0.25) is 0 Å². The van der Waals surface area contributed by atoms with Crippen molar-refractivity contribution in [1.29, 1.82) is 0 Å². The fourth-order valence-electron chi connectivity index (χ4n) is 1.42. The summed E-state index contributed by atoms with van der Waals surface area (Å²) < 4.78 is 5.59. The highest BCUT2D eigenvalue weighted by molar-refractivity contribution is 5.92. The van der Waals surface area contributed by atoms with E-state index in [0.717, 1.165) is 5.69 Å². The van der Waals surface area contributed by atoms with E-state index in [1.54, 1.807) is 43.6 Å². The van der Waals surface area contributed by atoms with Crippen molar-refractivity contribution in [2.45, 2.75) is 6.92 Å². The minimum Gasteiger partial charge on any atom is -0.437 e. The van der Waals surface area contributed by atoms with Crippen LogP contribution in [0.5, 0.6) is 11.6 Å². The Kier molecular flexibility index (Phi) is 3.52. The molecule has 0 atom stereocenters. The standard InChI is InChI=1S/C13H13N3O2/c1-9-11(6-4-8-15-9)18-12-7-3-5-10(16-12)13(17)14-2/h3-8H,1-2H3,(H,14,17). The van der Waals surface area contributed by atoms with Gasteiger partial charge in [0.2, 0.25) is 5.88 Å². The van der Waals surface area contributed by atoms with Crippen molar-refractivity contribution >= 4 is 5.91 Å². The fourth-order valence-corrected chi connectivity index (χ4v) is 1.42. The lowest BCUT2D eigenvalue weighted by Gasteiger charge is -2.07. The van der Waals surface area contributed by atoms with Gasteiger partial charge in [0.1, 0.15) is 5.69 Å². The molecule has 0 saturated heterocycles. The monoisotopic (exact) mass is 243 g/mol. The van der Waals surface area contributed by atoms with Gasteiger partial charge in [-0.25, -0.2) is 4.98 Å². The van der Waals surface area contributed by atoms with Gasteiger partial charge in [0, 0.05) is 19.3 Å². The number of hydrogen-bond acceptors (Lipinski definition) is 4. The number of rotatable bonds is 3.